The van der Waals surface area contributed by atoms with Gasteiger partial charge < -0.3 is 20.1 Å². The van der Waals surface area contributed by atoms with Gasteiger partial charge in [-0.2, -0.15) is 23.1 Å². The lowest BCUT2D eigenvalue weighted by Crippen LogP contribution is -2.31. The molecule has 2 aliphatic rings. The van der Waals surface area contributed by atoms with Crippen LogP contribution in [-0.4, -0.2) is 82.3 Å². The number of carbonyl (C=O) groups excluding carboxylic acids is 1. The largest absolute Gasteiger partial charge is 0.472 e. The van der Waals surface area contributed by atoms with Gasteiger partial charge in [0.05, 0.1) is 27.7 Å². The number of thiazole rings is 1. The van der Waals surface area contributed by atoms with Gasteiger partial charge in [-0.15, -0.1) is 0 Å². The molecule has 4 aromatic rings. The molecular formula is C29H26F6N6O3S. The number of rotatable bonds is 7. The topological polar surface area (TPSA) is 107 Å². The van der Waals surface area contributed by atoms with Gasteiger partial charge in [-0.05, 0) is 37.7 Å². The van der Waals surface area contributed by atoms with E-state index < -0.39 is 64.0 Å². The van der Waals surface area contributed by atoms with E-state index in [0.29, 0.717) is 30.4 Å². The number of ether oxygens (including phenoxy) is 2. The van der Waals surface area contributed by atoms with Gasteiger partial charge in [0.2, 0.25) is 11.8 Å². The highest BCUT2D eigenvalue weighted by Crippen LogP contribution is 2.46. The zero-order valence-corrected chi connectivity index (χ0v) is 24.5. The first-order chi connectivity index (χ1) is 21.3. The van der Waals surface area contributed by atoms with Gasteiger partial charge in [-0.1, -0.05) is 17.9 Å². The van der Waals surface area contributed by atoms with Crippen LogP contribution in [0.1, 0.15) is 18.4 Å². The number of nitrogens with two attached hydrogens (primary N) is 1. The minimum atomic E-state index is -5.09. The number of likely N-dealkylation sites (tertiary alicyclic amines) is 2. The van der Waals surface area contributed by atoms with Crippen LogP contribution in [0.4, 0.5) is 31.5 Å². The Morgan fingerprint density at radius 3 is 2.67 bits per heavy atom. The number of amides is 1. The van der Waals surface area contributed by atoms with Crippen LogP contribution in [0.25, 0.3) is 32.2 Å². The fourth-order valence-corrected chi connectivity index (χ4v) is 6.47. The first-order valence-electron chi connectivity index (χ1n) is 13.9. The molecule has 9 nitrogen and oxygen atoms in total. The summed E-state index contributed by atoms with van der Waals surface area (Å²) in [7, 11) is 1.71. The predicted octanol–water partition coefficient (Wildman–Crippen LogP) is 5.37. The second kappa shape index (κ2) is 11.6. The SMILES string of the molecule is C=CC(=O)N1CC[C@@H](Oc2nc(OC[C@@H]3C[C@@H](F)CN3C)nc3c(F)c(-c4ccc(F)c5sc(N)nc45)c(C(F)(F)F)cc23)C1. The molecule has 238 valence electrons. The molecule has 4 heterocycles. The van der Waals surface area contributed by atoms with Crippen LogP contribution in [0.5, 0.6) is 11.9 Å². The number of nitrogen functional groups attached to an aromatic ring is 1. The quantitative estimate of drug-likeness (QED) is 0.210. The molecule has 2 aromatic heterocycles. The summed E-state index contributed by atoms with van der Waals surface area (Å²) in [5.41, 5.74) is 2.27. The van der Waals surface area contributed by atoms with Gasteiger partial charge in [-0.3, -0.25) is 9.69 Å². The van der Waals surface area contributed by atoms with Crippen molar-refractivity contribution in [2.24, 2.45) is 0 Å². The van der Waals surface area contributed by atoms with Crippen LogP contribution in [0, 0.1) is 11.6 Å². The monoisotopic (exact) mass is 652 g/mol. The molecule has 16 heteroatoms. The Hall–Kier alpha value is -4.18. The first-order valence-corrected chi connectivity index (χ1v) is 14.7. The van der Waals surface area contributed by atoms with E-state index in [1.807, 2.05) is 0 Å². The fraction of sp³-hybridized carbons (Fsp3) is 0.379. The third-order valence-electron chi connectivity index (χ3n) is 7.91. The van der Waals surface area contributed by atoms with E-state index in [2.05, 4.69) is 21.5 Å². The zero-order valence-electron chi connectivity index (χ0n) is 23.7. The summed E-state index contributed by atoms with van der Waals surface area (Å²) in [6, 6.07) is 1.82. The van der Waals surface area contributed by atoms with E-state index in [9.17, 15) is 26.7 Å². The van der Waals surface area contributed by atoms with Gasteiger partial charge >= 0.3 is 12.2 Å². The van der Waals surface area contributed by atoms with E-state index in [4.69, 9.17) is 15.2 Å². The first kappa shape index (κ1) is 30.8. The Balaban J connectivity index is 1.51. The number of aromatic nitrogens is 3. The van der Waals surface area contributed by atoms with Crippen LogP contribution in [-0.2, 0) is 11.0 Å². The Labute approximate surface area is 256 Å². The molecule has 2 saturated heterocycles. The highest BCUT2D eigenvalue weighted by molar-refractivity contribution is 7.22. The molecule has 0 spiro atoms. The molecule has 2 aromatic carbocycles. The van der Waals surface area contributed by atoms with Crippen LogP contribution < -0.4 is 15.2 Å². The molecule has 45 heavy (non-hydrogen) atoms. The van der Waals surface area contributed by atoms with Crippen molar-refractivity contribution in [3.05, 3.63) is 48.1 Å². The molecule has 0 bridgehead atoms. The number of halogens is 6. The van der Waals surface area contributed by atoms with Crippen LogP contribution in [0.2, 0.25) is 0 Å². The van der Waals surface area contributed by atoms with Gasteiger partial charge in [0.15, 0.2) is 10.9 Å². The van der Waals surface area contributed by atoms with E-state index in [0.717, 1.165) is 18.2 Å². The van der Waals surface area contributed by atoms with Crippen LogP contribution >= 0.6 is 11.3 Å². The van der Waals surface area contributed by atoms with Crippen molar-refractivity contribution in [1.29, 1.82) is 0 Å². The maximum absolute atomic E-state index is 16.6. The number of likely N-dealkylation sites (N-methyl/N-ethyl adjacent to an activating group) is 1. The molecular weight excluding hydrogens is 626 g/mol. The molecule has 2 aliphatic heterocycles. The summed E-state index contributed by atoms with van der Waals surface area (Å²) in [5.74, 6) is -2.92. The molecule has 2 N–H and O–H groups in total. The fourth-order valence-electron chi connectivity index (χ4n) is 5.70. The molecule has 0 radical (unpaired) electrons. The van der Waals surface area contributed by atoms with E-state index in [1.165, 1.54) is 4.90 Å². The molecule has 0 saturated carbocycles. The number of hydrogen-bond acceptors (Lipinski definition) is 9. The van der Waals surface area contributed by atoms with Crippen molar-refractivity contribution in [2.75, 3.05) is 39.0 Å². The number of carbonyl (C=O) groups is 1. The Morgan fingerprint density at radius 1 is 1.20 bits per heavy atom. The van der Waals surface area contributed by atoms with Crippen LogP contribution in [0.15, 0.2) is 30.9 Å². The van der Waals surface area contributed by atoms with Crippen molar-refractivity contribution in [2.45, 2.75) is 37.3 Å². The predicted molar refractivity (Wildman–Crippen MR) is 155 cm³/mol. The molecule has 2 fully saturated rings. The second-order valence-corrected chi connectivity index (χ2v) is 11.9. The van der Waals surface area contributed by atoms with Gasteiger partial charge in [0.25, 0.3) is 0 Å². The molecule has 0 aliphatic carbocycles. The Kier molecular flexibility index (Phi) is 7.97. The lowest BCUT2D eigenvalue weighted by molar-refractivity contribution is -0.137. The third-order valence-corrected chi connectivity index (χ3v) is 8.81. The number of hydrogen-bond donors (Lipinski definition) is 1. The molecule has 3 atom stereocenters. The molecule has 6 rings (SSSR count). The number of fused-ring (bicyclic) bond motifs is 2. The third kappa shape index (κ3) is 5.83. The number of anilines is 1. The van der Waals surface area contributed by atoms with Gasteiger partial charge in [0.1, 0.15) is 30.2 Å². The van der Waals surface area contributed by atoms with Crippen molar-refractivity contribution in [3.8, 4) is 23.0 Å². The standard InChI is InChI=1S/C29H26F6N6O3S/c1-3-20(42)41-7-6-15(11-41)44-26-17-9-18(29(33,34)35)21(16-4-5-19(31)25-24(16)37-27(36)45-25)22(32)23(17)38-28(39-26)43-12-14-8-13(30)10-40(14)2/h3-5,9,13-15H,1,6-8,10-12H2,2H3,(H2,36,37)/t13-,14+,15-/m1/s1. The number of alkyl halides is 4. The Morgan fingerprint density at radius 2 is 1.98 bits per heavy atom. The maximum atomic E-state index is 16.6. The highest BCUT2D eigenvalue weighted by Gasteiger charge is 2.39. The smallest absolute Gasteiger partial charge is 0.417 e. The Bertz CT molecular complexity index is 1820. The zero-order chi connectivity index (χ0) is 32.2. The van der Waals surface area contributed by atoms with Crippen molar-refractivity contribution in [3.63, 3.8) is 0 Å². The van der Waals surface area contributed by atoms with E-state index in [-0.39, 0.29) is 59.0 Å². The average molecular weight is 653 g/mol. The van der Waals surface area contributed by atoms with Gasteiger partial charge in [0, 0.05) is 36.7 Å². The molecule has 1 amide bonds. The van der Waals surface area contributed by atoms with E-state index in [1.54, 1.807) is 11.9 Å². The second-order valence-electron chi connectivity index (χ2n) is 10.9. The average Bonchev–Trinajstić information content (AvgIpc) is 3.70. The normalized spacial score (nSPS) is 20.8. The number of nitrogens with zero attached hydrogens (tertiary/aromatic N) is 5. The highest BCUT2D eigenvalue weighted by atomic mass is 32.1. The summed E-state index contributed by atoms with van der Waals surface area (Å²) in [6.45, 7) is 3.94. The summed E-state index contributed by atoms with van der Waals surface area (Å²) in [4.78, 5) is 27.6. The van der Waals surface area contributed by atoms with Gasteiger partial charge in [-0.25, -0.2) is 18.2 Å². The van der Waals surface area contributed by atoms with Crippen molar-refractivity contribution < 1.29 is 40.6 Å². The minimum absolute atomic E-state index is 0.0846. The minimum Gasteiger partial charge on any atom is -0.472 e. The summed E-state index contributed by atoms with van der Waals surface area (Å²) in [6.07, 6.45) is -5.23. The summed E-state index contributed by atoms with van der Waals surface area (Å²) >= 11 is 0.713. The number of benzene rings is 2. The summed E-state index contributed by atoms with van der Waals surface area (Å²) in [5, 5.41) is -0.518. The van der Waals surface area contributed by atoms with Crippen molar-refractivity contribution >= 4 is 43.5 Å². The lowest BCUT2D eigenvalue weighted by atomic mass is 9.95. The maximum Gasteiger partial charge on any atom is 0.417 e. The van der Waals surface area contributed by atoms with Crippen LogP contribution in [0.3, 0.4) is 0 Å². The summed E-state index contributed by atoms with van der Waals surface area (Å²) < 4.78 is 100. The van der Waals surface area contributed by atoms with Crippen molar-refractivity contribution in [1.82, 2.24) is 24.8 Å². The lowest BCUT2D eigenvalue weighted by Gasteiger charge is -2.21. The van der Waals surface area contributed by atoms with E-state index >= 15 is 4.39 Å². The molecule has 0 unspecified atom stereocenters.